The summed E-state index contributed by atoms with van der Waals surface area (Å²) < 4.78 is 5.49. The van der Waals surface area contributed by atoms with Crippen molar-refractivity contribution < 1.29 is 9.53 Å². The lowest BCUT2D eigenvalue weighted by Gasteiger charge is -2.36. The van der Waals surface area contributed by atoms with E-state index in [1.165, 1.54) is 42.5 Å². The van der Waals surface area contributed by atoms with Crippen LogP contribution in [0.3, 0.4) is 0 Å². The van der Waals surface area contributed by atoms with Crippen LogP contribution in [0.5, 0.6) is 5.75 Å². The van der Waals surface area contributed by atoms with Gasteiger partial charge in [0.05, 0.1) is 12.6 Å². The zero-order chi connectivity index (χ0) is 21.6. The van der Waals surface area contributed by atoms with Crippen LogP contribution in [0, 0.1) is 0 Å². The Balaban J connectivity index is 1.50. The largest absolute Gasteiger partial charge is 0.494 e. The van der Waals surface area contributed by atoms with Crippen molar-refractivity contribution in [3.8, 4) is 5.75 Å². The maximum absolute atomic E-state index is 12.8. The van der Waals surface area contributed by atoms with E-state index in [1.807, 2.05) is 31.2 Å². The molecule has 2 aromatic carbocycles. The lowest BCUT2D eigenvalue weighted by atomic mass is 9.95. The lowest BCUT2D eigenvalue weighted by Crippen LogP contribution is -2.40. The van der Waals surface area contributed by atoms with Crippen LogP contribution >= 0.6 is 0 Å². The summed E-state index contributed by atoms with van der Waals surface area (Å²) in [5.41, 5.74) is 4.78. The Morgan fingerprint density at radius 2 is 1.81 bits per heavy atom. The highest BCUT2D eigenvalue weighted by atomic mass is 16.5. The summed E-state index contributed by atoms with van der Waals surface area (Å²) in [4.78, 5) is 17.7. The number of hydrogen-bond donors (Lipinski definition) is 1. The minimum atomic E-state index is -0.0252. The van der Waals surface area contributed by atoms with Crippen LogP contribution in [0.2, 0.25) is 0 Å². The van der Waals surface area contributed by atoms with E-state index in [0.717, 1.165) is 31.8 Å². The van der Waals surface area contributed by atoms with Gasteiger partial charge in [-0.25, -0.2) is 0 Å². The Morgan fingerprint density at radius 1 is 1.03 bits per heavy atom. The fourth-order valence-electron chi connectivity index (χ4n) is 4.86. The summed E-state index contributed by atoms with van der Waals surface area (Å²) in [7, 11) is 2.18. The van der Waals surface area contributed by atoms with Gasteiger partial charge in [0.25, 0.3) is 5.91 Å². The number of fused-ring (bicyclic) bond motifs is 1. The van der Waals surface area contributed by atoms with Crippen molar-refractivity contribution in [2.75, 3.05) is 44.7 Å². The van der Waals surface area contributed by atoms with Crippen LogP contribution in [0.1, 0.15) is 60.1 Å². The minimum Gasteiger partial charge on any atom is -0.494 e. The third kappa shape index (κ3) is 5.21. The molecule has 2 aliphatic heterocycles. The second kappa shape index (κ2) is 10.2. The maximum atomic E-state index is 12.8. The number of rotatable bonds is 7. The fourth-order valence-corrected chi connectivity index (χ4v) is 4.86. The van der Waals surface area contributed by atoms with E-state index in [0.29, 0.717) is 18.7 Å². The number of aryl methyl sites for hydroxylation is 1. The van der Waals surface area contributed by atoms with Gasteiger partial charge in [-0.05, 0) is 87.2 Å². The molecule has 2 aromatic rings. The molecule has 1 amide bonds. The fraction of sp³-hybridized carbons (Fsp3) is 0.500. The van der Waals surface area contributed by atoms with E-state index >= 15 is 0 Å². The van der Waals surface area contributed by atoms with E-state index < -0.39 is 0 Å². The molecule has 0 radical (unpaired) electrons. The van der Waals surface area contributed by atoms with Crippen molar-refractivity contribution in [2.24, 2.45) is 0 Å². The zero-order valence-corrected chi connectivity index (χ0v) is 18.9. The summed E-state index contributed by atoms with van der Waals surface area (Å²) in [6, 6.07) is 14.5. The van der Waals surface area contributed by atoms with E-state index in [9.17, 15) is 4.79 Å². The van der Waals surface area contributed by atoms with Gasteiger partial charge in [0.1, 0.15) is 5.75 Å². The third-order valence-corrected chi connectivity index (χ3v) is 6.55. The number of piperidine rings is 1. The number of ether oxygens (including phenoxy) is 1. The molecule has 5 nitrogen and oxygen atoms in total. The van der Waals surface area contributed by atoms with Crippen molar-refractivity contribution in [3.05, 3.63) is 59.2 Å². The molecule has 5 heteroatoms. The Kier molecular flexibility index (Phi) is 7.13. The number of likely N-dealkylation sites (tertiary alicyclic amines) is 1. The second-order valence-electron chi connectivity index (χ2n) is 8.69. The third-order valence-electron chi connectivity index (χ3n) is 6.55. The average molecular weight is 422 g/mol. The van der Waals surface area contributed by atoms with Crippen LogP contribution in [0.25, 0.3) is 0 Å². The van der Waals surface area contributed by atoms with E-state index in [-0.39, 0.29) is 11.9 Å². The number of anilines is 1. The van der Waals surface area contributed by atoms with Crippen molar-refractivity contribution in [1.82, 2.24) is 10.2 Å². The molecule has 2 aliphatic rings. The molecule has 2 heterocycles. The molecule has 1 saturated heterocycles. The molecule has 1 unspecified atom stereocenters. The molecule has 1 atom stereocenters. The number of carbonyl (C=O) groups is 1. The Labute approximate surface area is 186 Å². The quantitative estimate of drug-likeness (QED) is 0.719. The second-order valence-corrected chi connectivity index (χ2v) is 8.69. The van der Waals surface area contributed by atoms with Gasteiger partial charge in [-0.2, -0.15) is 0 Å². The minimum absolute atomic E-state index is 0.0252. The number of benzene rings is 2. The van der Waals surface area contributed by atoms with Crippen molar-refractivity contribution in [3.63, 3.8) is 0 Å². The van der Waals surface area contributed by atoms with Gasteiger partial charge < -0.3 is 15.0 Å². The maximum Gasteiger partial charge on any atom is 0.251 e. The van der Waals surface area contributed by atoms with Gasteiger partial charge in [-0.1, -0.05) is 18.6 Å². The first-order chi connectivity index (χ1) is 15.2. The molecular weight excluding hydrogens is 386 g/mol. The summed E-state index contributed by atoms with van der Waals surface area (Å²) in [5, 5.41) is 3.20. The number of nitrogens with one attached hydrogen (secondary N) is 1. The molecule has 31 heavy (non-hydrogen) atoms. The van der Waals surface area contributed by atoms with Crippen LogP contribution in [-0.4, -0.2) is 50.6 Å². The van der Waals surface area contributed by atoms with Crippen molar-refractivity contribution >= 4 is 11.6 Å². The number of amides is 1. The summed E-state index contributed by atoms with van der Waals surface area (Å²) in [6.45, 7) is 6.53. The van der Waals surface area contributed by atoms with E-state index in [4.69, 9.17) is 4.74 Å². The zero-order valence-electron chi connectivity index (χ0n) is 18.9. The molecule has 0 saturated carbocycles. The number of nitrogens with zero attached hydrogens (tertiary/aromatic N) is 2. The molecular formula is C26H35N3O2. The van der Waals surface area contributed by atoms with E-state index in [2.05, 4.69) is 40.4 Å². The van der Waals surface area contributed by atoms with Gasteiger partial charge in [-0.3, -0.25) is 9.69 Å². The molecule has 0 aliphatic carbocycles. The summed E-state index contributed by atoms with van der Waals surface area (Å²) >= 11 is 0. The first kappa shape index (κ1) is 21.7. The Morgan fingerprint density at radius 3 is 2.55 bits per heavy atom. The SMILES string of the molecule is CCOc1ccc(C(=O)NCC(c2ccc3c(c2)CCCN3C)N2CCCCC2)cc1. The molecule has 1 fully saturated rings. The lowest BCUT2D eigenvalue weighted by molar-refractivity contribution is 0.0924. The Hall–Kier alpha value is -2.53. The van der Waals surface area contributed by atoms with Gasteiger partial charge >= 0.3 is 0 Å². The van der Waals surface area contributed by atoms with Gasteiger partial charge in [0.2, 0.25) is 0 Å². The van der Waals surface area contributed by atoms with Crippen LogP contribution in [0.15, 0.2) is 42.5 Å². The van der Waals surface area contributed by atoms with Gasteiger partial charge in [0.15, 0.2) is 0 Å². The van der Waals surface area contributed by atoms with Crippen molar-refractivity contribution in [2.45, 2.75) is 45.1 Å². The molecule has 4 rings (SSSR count). The standard InChI is InChI=1S/C26H35N3O2/c1-3-31-23-12-9-20(10-13-23)26(30)27-19-25(29-16-5-4-6-17-29)22-11-14-24-21(18-22)8-7-15-28(24)2/h9-14,18,25H,3-8,15-17,19H2,1-2H3,(H,27,30). The average Bonchev–Trinajstić information content (AvgIpc) is 2.80. The highest BCUT2D eigenvalue weighted by Crippen LogP contribution is 2.31. The highest BCUT2D eigenvalue weighted by molar-refractivity contribution is 5.94. The van der Waals surface area contributed by atoms with E-state index in [1.54, 1.807) is 0 Å². The number of hydrogen-bond acceptors (Lipinski definition) is 4. The first-order valence-electron chi connectivity index (χ1n) is 11.7. The van der Waals surface area contributed by atoms with Crippen molar-refractivity contribution in [1.29, 1.82) is 0 Å². The van der Waals surface area contributed by atoms with Crippen LogP contribution in [0.4, 0.5) is 5.69 Å². The molecule has 0 aromatic heterocycles. The topological polar surface area (TPSA) is 44.8 Å². The predicted molar refractivity (Wildman–Crippen MR) is 126 cm³/mol. The Bertz CT molecular complexity index is 875. The molecule has 0 bridgehead atoms. The van der Waals surface area contributed by atoms with Gasteiger partial charge in [0, 0.05) is 31.4 Å². The van der Waals surface area contributed by atoms with Gasteiger partial charge in [-0.15, -0.1) is 0 Å². The highest BCUT2D eigenvalue weighted by Gasteiger charge is 2.25. The monoisotopic (exact) mass is 421 g/mol. The van der Waals surface area contributed by atoms with Crippen LogP contribution < -0.4 is 15.0 Å². The molecule has 0 spiro atoms. The number of carbonyl (C=O) groups excluding carboxylic acids is 1. The van der Waals surface area contributed by atoms with Crippen LogP contribution in [-0.2, 0) is 6.42 Å². The summed E-state index contributed by atoms with van der Waals surface area (Å²) in [5.74, 6) is 0.770. The predicted octanol–water partition coefficient (Wildman–Crippen LogP) is 4.42. The molecule has 166 valence electrons. The summed E-state index contributed by atoms with van der Waals surface area (Å²) in [6.07, 6.45) is 6.11. The molecule has 1 N–H and O–H groups in total. The first-order valence-corrected chi connectivity index (χ1v) is 11.7. The smallest absolute Gasteiger partial charge is 0.251 e. The normalized spacial score (nSPS) is 17.7.